The zero-order valence-corrected chi connectivity index (χ0v) is 8.90. The van der Waals surface area contributed by atoms with E-state index in [2.05, 4.69) is 17.2 Å². The number of rotatable bonds is 5. The van der Waals surface area contributed by atoms with Crippen LogP contribution in [0.4, 0.5) is 0 Å². The van der Waals surface area contributed by atoms with Crippen molar-refractivity contribution in [2.24, 2.45) is 0 Å². The summed E-state index contributed by atoms with van der Waals surface area (Å²) in [6.07, 6.45) is 2.45. The lowest BCUT2D eigenvalue weighted by atomic mass is 10.3. The van der Waals surface area contributed by atoms with E-state index >= 15 is 0 Å². The van der Waals surface area contributed by atoms with E-state index in [9.17, 15) is 9.59 Å². The lowest BCUT2D eigenvalue weighted by Gasteiger charge is -2.29. The predicted molar refractivity (Wildman–Crippen MR) is 57.0 cm³/mol. The lowest BCUT2D eigenvalue weighted by Crippen LogP contribution is -2.51. The largest absolute Gasteiger partial charge is 0.337 e. The van der Waals surface area contributed by atoms with E-state index in [0.717, 1.165) is 25.8 Å². The topological polar surface area (TPSA) is 61.4 Å². The summed E-state index contributed by atoms with van der Waals surface area (Å²) in [5.41, 5.74) is 0. The molecule has 0 saturated carbocycles. The highest BCUT2D eigenvalue weighted by molar-refractivity contribution is 5.87. The Morgan fingerprint density at radius 1 is 1.80 bits per heavy atom. The Morgan fingerprint density at radius 2 is 2.53 bits per heavy atom. The van der Waals surface area contributed by atoms with E-state index in [0.29, 0.717) is 0 Å². The van der Waals surface area contributed by atoms with Crippen LogP contribution in [0.2, 0.25) is 0 Å². The Balaban J connectivity index is 2.60. The van der Waals surface area contributed by atoms with Crippen molar-refractivity contribution in [3.8, 4) is 0 Å². The molecule has 84 valence electrons. The molecule has 5 heteroatoms. The van der Waals surface area contributed by atoms with Gasteiger partial charge >= 0.3 is 0 Å². The number of carbonyl (C=O) groups excluding carboxylic acids is 2. The maximum Gasteiger partial charge on any atom is 0.244 e. The minimum Gasteiger partial charge on any atom is -0.337 e. The first-order valence-corrected chi connectivity index (χ1v) is 5.10. The first-order chi connectivity index (χ1) is 7.22. The summed E-state index contributed by atoms with van der Waals surface area (Å²) < 4.78 is 0. The van der Waals surface area contributed by atoms with Gasteiger partial charge in [-0.3, -0.25) is 15.0 Å². The van der Waals surface area contributed by atoms with Gasteiger partial charge in [-0.25, -0.2) is 0 Å². The average Bonchev–Trinajstić information content (AvgIpc) is 2.73. The molecule has 1 fully saturated rings. The molecule has 0 aliphatic carbocycles. The predicted octanol–water partition coefficient (Wildman–Crippen LogP) is -0.545. The van der Waals surface area contributed by atoms with Crippen LogP contribution in [0.1, 0.15) is 13.3 Å². The molecule has 0 spiro atoms. The second kappa shape index (κ2) is 5.63. The van der Waals surface area contributed by atoms with Gasteiger partial charge < -0.3 is 10.1 Å². The highest BCUT2D eigenvalue weighted by Crippen LogP contribution is 2.08. The van der Waals surface area contributed by atoms with Crippen molar-refractivity contribution < 1.29 is 9.59 Å². The summed E-state index contributed by atoms with van der Waals surface area (Å²) in [4.78, 5) is 23.9. The number of nitrogens with zero attached hydrogens (tertiary/aromatic N) is 1. The molecular formula is C10H17N3O2. The van der Waals surface area contributed by atoms with Crippen molar-refractivity contribution in [2.75, 3.05) is 13.1 Å². The molecule has 15 heavy (non-hydrogen) atoms. The smallest absolute Gasteiger partial charge is 0.244 e. The number of aldehydes is 1. The normalized spacial score (nSPS) is 23.4. The van der Waals surface area contributed by atoms with Crippen molar-refractivity contribution in [1.82, 2.24) is 15.5 Å². The molecule has 2 atom stereocenters. The fraction of sp³-hybridized carbons (Fsp3) is 0.600. The van der Waals surface area contributed by atoms with Crippen molar-refractivity contribution in [3.63, 3.8) is 0 Å². The van der Waals surface area contributed by atoms with Crippen LogP contribution in [0.3, 0.4) is 0 Å². The quantitative estimate of drug-likeness (QED) is 0.473. The summed E-state index contributed by atoms with van der Waals surface area (Å²) in [6.45, 7) is 6.90. The molecule has 1 saturated heterocycles. The van der Waals surface area contributed by atoms with E-state index in [4.69, 9.17) is 0 Å². The van der Waals surface area contributed by atoms with Crippen molar-refractivity contribution >= 4 is 12.2 Å². The minimum absolute atomic E-state index is 0.110. The second-order valence-corrected chi connectivity index (χ2v) is 3.41. The second-order valence-electron chi connectivity index (χ2n) is 3.41. The SMILES string of the molecule is C=CC(=O)NC(CC)N1CCNC1C=O. The molecule has 2 unspecified atom stereocenters. The van der Waals surface area contributed by atoms with Gasteiger partial charge in [0.25, 0.3) is 0 Å². The van der Waals surface area contributed by atoms with Gasteiger partial charge in [0, 0.05) is 13.1 Å². The Labute approximate surface area is 89.5 Å². The van der Waals surface area contributed by atoms with E-state index in [1.807, 2.05) is 11.8 Å². The van der Waals surface area contributed by atoms with Crippen LogP contribution in [-0.4, -0.2) is 42.5 Å². The van der Waals surface area contributed by atoms with Gasteiger partial charge in [0.2, 0.25) is 5.91 Å². The molecule has 0 aromatic carbocycles. The van der Waals surface area contributed by atoms with Crippen LogP contribution >= 0.6 is 0 Å². The average molecular weight is 211 g/mol. The fourth-order valence-corrected chi connectivity index (χ4v) is 1.72. The Morgan fingerprint density at radius 3 is 3.07 bits per heavy atom. The third-order valence-corrected chi connectivity index (χ3v) is 2.49. The number of hydrogen-bond acceptors (Lipinski definition) is 4. The highest BCUT2D eigenvalue weighted by atomic mass is 16.1. The molecule has 1 amide bonds. The monoisotopic (exact) mass is 211 g/mol. The van der Waals surface area contributed by atoms with Crippen molar-refractivity contribution in [2.45, 2.75) is 25.7 Å². The summed E-state index contributed by atoms with van der Waals surface area (Å²) in [5.74, 6) is -0.210. The number of nitrogens with one attached hydrogen (secondary N) is 2. The first kappa shape index (κ1) is 11.9. The molecule has 0 aromatic rings. The Bertz CT molecular complexity index is 255. The fourth-order valence-electron chi connectivity index (χ4n) is 1.72. The molecule has 1 aliphatic rings. The third kappa shape index (κ3) is 2.87. The van der Waals surface area contributed by atoms with Gasteiger partial charge in [-0.15, -0.1) is 0 Å². The standard InChI is InChI=1S/C10H17N3O2/c1-3-8(12-10(15)4-2)13-6-5-11-9(13)7-14/h4,7-9,11H,2-3,5-6H2,1H3,(H,12,15). The molecular weight excluding hydrogens is 194 g/mol. The summed E-state index contributed by atoms with van der Waals surface area (Å²) in [7, 11) is 0. The Hall–Kier alpha value is -1.20. The molecule has 0 radical (unpaired) electrons. The van der Waals surface area contributed by atoms with Crippen LogP contribution in [0, 0.1) is 0 Å². The zero-order valence-electron chi connectivity index (χ0n) is 8.90. The third-order valence-electron chi connectivity index (χ3n) is 2.49. The van der Waals surface area contributed by atoms with E-state index in [1.165, 1.54) is 6.08 Å². The van der Waals surface area contributed by atoms with Gasteiger partial charge in [-0.1, -0.05) is 13.5 Å². The van der Waals surface area contributed by atoms with Crippen molar-refractivity contribution in [1.29, 1.82) is 0 Å². The van der Waals surface area contributed by atoms with Gasteiger partial charge in [0.05, 0.1) is 6.17 Å². The Kier molecular flexibility index (Phi) is 4.45. The first-order valence-electron chi connectivity index (χ1n) is 5.10. The summed E-state index contributed by atoms with van der Waals surface area (Å²) >= 11 is 0. The number of amides is 1. The van der Waals surface area contributed by atoms with Crippen LogP contribution < -0.4 is 10.6 Å². The number of carbonyl (C=O) groups is 2. The lowest BCUT2D eigenvalue weighted by molar-refractivity contribution is -0.120. The van der Waals surface area contributed by atoms with Crippen molar-refractivity contribution in [3.05, 3.63) is 12.7 Å². The van der Waals surface area contributed by atoms with Gasteiger partial charge in [-0.05, 0) is 12.5 Å². The van der Waals surface area contributed by atoms with Crippen LogP contribution in [0.25, 0.3) is 0 Å². The van der Waals surface area contributed by atoms with E-state index < -0.39 is 0 Å². The molecule has 1 aliphatic heterocycles. The molecule has 5 nitrogen and oxygen atoms in total. The molecule has 1 rings (SSSR count). The number of hydrogen-bond donors (Lipinski definition) is 2. The van der Waals surface area contributed by atoms with Gasteiger partial charge in [0.15, 0.2) is 6.29 Å². The van der Waals surface area contributed by atoms with Crippen LogP contribution in [0.15, 0.2) is 12.7 Å². The van der Waals surface area contributed by atoms with E-state index in [-0.39, 0.29) is 18.2 Å². The van der Waals surface area contributed by atoms with Crippen LogP contribution in [-0.2, 0) is 9.59 Å². The summed E-state index contributed by atoms with van der Waals surface area (Å²) in [5, 5.41) is 5.84. The van der Waals surface area contributed by atoms with Gasteiger partial charge in [-0.2, -0.15) is 0 Å². The maximum absolute atomic E-state index is 11.2. The maximum atomic E-state index is 11.2. The minimum atomic E-state index is -0.292. The van der Waals surface area contributed by atoms with E-state index in [1.54, 1.807) is 0 Å². The molecule has 0 bridgehead atoms. The summed E-state index contributed by atoms with van der Waals surface area (Å²) in [6, 6.07) is 0. The van der Waals surface area contributed by atoms with Crippen LogP contribution in [0.5, 0.6) is 0 Å². The molecule has 0 aromatic heterocycles. The zero-order chi connectivity index (χ0) is 11.3. The van der Waals surface area contributed by atoms with Gasteiger partial charge in [0.1, 0.15) is 6.17 Å². The molecule has 2 N–H and O–H groups in total. The highest BCUT2D eigenvalue weighted by Gasteiger charge is 2.29. The molecule has 1 heterocycles.